The molecule has 2 heterocycles. The van der Waals surface area contributed by atoms with Crippen molar-refractivity contribution in [3.05, 3.63) is 71.8 Å². The van der Waals surface area contributed by atoms with E-state index in [0.29, 0.717) is 24.7 Å². The quantitative estimate of drug-likeness (QED) is 0.498. The predicted molar refractivity (Wildman–Crippen MR) is 106 cm³/mol. The predicted octanol–water partition coefficient (Wildman–Crippen LogP) is 2.52. The van der Waals surface area contributed by atoms with Crippen LogP contribution in [0.15, 0.2) is 54.9 Å². The monoisotopic (exact) mass is 362 g/mol. The van der Waals surface area contributed by atoms with Crippen LogP contribution in [0.1, 0.15) is 17.0 Å². The Bertz CT molecular complexity index is 933. The van der Waals surface area contributed by atoms with Gasteiger partial charge in [0.1, 0.15) is 12.1 Å². The zero-order valence-electron chi connectivity index (χ0n) is 15.4. The number of aryl methyl sites for hydroxylation is 2. The van der Waals surface area contributed by atoms with E-state index in [2.05, 4.69) is 25.7 Å². The molecule has 3 aromatic rings. The first-order valence-corrected chi connectivity index (χ1v) is 8.72. The van der Waals surface area contributed by atoms with Crippen LogP contribution < -0.4 is 10.6 Å². The smallest absolute Gasteiger partial charge is 0.244 e. The van der Waals surface area contributed by atoms with Crippen molar-refractivity contribution >= 4 is 17.8 Å². The van der Waals surface area contributed by atoms with Crippen molar-refractivity contribution in [3.8, 4) is 5.82 Å². The number of benzene rings is 1. The van der Waals surface area contributed by atoms with Gasteiger partial charge in [-0.3, -0.25) is 4.79 Å². The van der Waals surface area contributed by atoms with Gasteiger partial charge in [0.05, 0.1) is 5.69 Å². The molecule has 138 valence electrons. The van der Waals surface area contributed by atoms with Gasteiger partial charge in [0.2, 0.25) is 5.91 Å². The molecular weight excluding hydrogens is 340 g/mol. The van der Waals surface area contributed by atoms with E-state index in [1.54, 1.807) is 10.8 Å². The Morgan fingerprint density at radius 1 is 1.11 bits per heavy atom. The average molecular weight is 362 g/mol. The van der Waals surface area contributed by atoms with Crippen molar-refractivity contribution in [1.82, 2.24) is 25.1 Å². The van der Waals surface area contributed by atoms with Gasteiger partial charge in [-0.15, -0.1) is 0 Å². The molecule has 3 rings (SSSR count). The Kier molecular flexibility index (Phi) is 5.94. The Labute approximate surface area is 158 Å². The first kappa shape index (κ1) is 18.3. The van der Waals surface area contributed by atoms with E-state index in [1.165, 1.54) is 12.4 Å². The van der Waals surface area contributed by atoms with Crippen LogP contribution in [0.2, 0.25) is 0 Å². The van der Waals surface area contributed by atoms with E-state index in [9.17, 15) is 4.79 Å². The van der Waals surface area contributed by atoms with E-state index in [-0.39, 0.29) is 5.91 Å². The van der Waals surface area contributed by atoms with Crippen LogP contribution in [-0.2, 0) is 4.79 Å². The van der Waals surface area contributed by atoms with Crippen molar-refractivity contribution in [2.75, 3.05) is 18.4 Å². The second kappa shape index (κ2) is 8.75. The molecule has 0 aliphatic carbocycles. The number of carbonyl (C=O) groups is 1. The fourth-order valence-electron chi connectivity index (χ4n) is 2.59. The van der Waals surface area contributed by atoms with Gasteiger partial charge in [0, 0.05) is 30.9 Å². The highest BCUT2D eigenvalue weighted by Crippen LogP contribution is 2.11. The number of anilines is 1. The Morgan fingerprint density at radius 3 is 2.67 bits per heavy atom. The summed E-state index contributed by atoms with van der Waals surface area (Å²) in [5.41, 5.74) is 2.94. The van der Waals surface area contributed by atoms with Gasteiger partial charge in [0.15, 0.2) is 5.82 Å². The molecule has 0 aliphatic heterocycles. The van der Waals surface area contributed by atoms with Gasteiger partial charge in [0.25, 0.3) is 0 Å². The fraction of sp³-hybridized carbons (Fsp3) is 0.200. The van der Waals surface area contributed by atoms with E-state index in [4.69, 9.17) is 0 Å². The highest BCUT2D eigenvalue weighted by atomic mass is 16.1. The highest BCUT2D eigenvalue weighted by Gasteiger charge is 2.06. The average Bonchev–Trinajstić information content (AvgIpc) is 3.03. The van der Waals surface area contributed by atoms with E-state index in [0.717, 1.165) is 17.0 Å². The first-order valence-electron chi connectivity index (χ1n) is 8.72. The summed E-state index contributed by atoms with van der Waals surface area (Å²) >= 11 is 0. The third-order valence-corrected chi connectivity index (χ3v) is 3.84. The zero-order chi connectivity index (χ0) is 19.1. The maximum atomic E-state index is 11.8. The van der Waals surface area contributed by atoms with Crippen LogP contribution in [0.5, 0.6) is 0 Å². The lowest BCUT2D eigenvalue weighted by atomic mass is 10.2. The van der Waals surface area contributed by atoms with Crippen molar-refractivity contribution in [2.45, 2.75) is 13.8 Å². The Balaban J connectivity index is 1.48. The molecule has 2 N–H and O–H groups in total. The standard InChI is InChI=1S/C20H22N6O/c1-15-12-16(2)26(25-15)19-13-18(23-14-24-19)21-10-11-22-20(27)9-8-17-6-4-3-5-7-17/h3-9,12-14H,10-11H2,1-2H3,(H,22,27)(H,21,23,24)/b9-8+. The summed E-state index contributed by atoms with van der Waals surface area (Å²) in [6.45, 7) is 4.96. The Morgan fingerprint density at radius 2 is 1.93 bits per heavy atom. The van der Waals surface area contributed by atoms with Gasteiger partial charge in [-0.1, -0.05) is 30.3 Å². The summed E-state index contributed by atoms with van der Waals surface area (Å²) in [7, 11) is 0. The van der Waals surface area contributed by atoms with Crippen molar-refractivity contribution < 1.29 is 4.79 Å². The first-order chi connectivity index (χ1) is 13.1. The topological polar surface area (TPSA) is 84.7 Å². The van der Waals surface area contributed by atoms with Gasteiger partial charge in [-0.2, -0.15) is 5.10 Å². The molecule has 0 saturated heterocycles. The van der Waals surface area contributed by atoms with E-state index >= 15 is 0 Å². The summed E-state index contributed by atoms with van der Waals surface area (Å²) in [5.74, 6) is 1.25. The second-order valence-corrected chi connectivity index (χ2v) is 6.06. The van der Waals surface area contributed by atoms with Crippen LogP contribution in [0.25, 0.3) is 11.9 Å². The summed E-state index contributed by atoms with van der Waals surface area (Å²) in [6, 6.07) is 13.5. The molecule has 0 saturated carbocycles. The van der Waals surface area contributed by atoms with Gasteiger partial charge in [-0.05, 0) is 31.6 Å². The fourth-order valence-corrected chi connectivity index (χ4v) is 2.59. The van der Waals surface area contributed by atoms with Gasteiger partial charge < -0.3 is 10.6 Å². The molecule has 0 radical (unpaired) electrons. The molecule has 0 aliphatic rings. The number of amides is 1. The third kappa shape index (κ3) is 5.24. The van der Waals surface area contributed by atoms with Gasteiger partial charge >= 0.3 is 0 Å². The van der Waals surface area contributed by atoms with Crippen LogP contribution in [0.3, 0.4) is 0 Å². The molecule has 0 unspecified atom stereocenters. The van der Waals surface area contributed by atoms with Crippen LogP contribution in [0, 0.1) is 13.8 Å². The molecule has 0 fully saturated rings. The second-order valence-electron chi connectivity index (χ2n) is 6.06. The van der Waals surface area contributed by atoms with E-state index in [1.807, 2.05) is 56.3 Å². The van der Waals surface area contributed by atoms with Crippen molar-refractivity contribution in [2.24, 2.45) is 0 Å². The van der Waals surface area contributed by atoms with Crippen LogP contribution in [0.4, 0.5) is 5.82 Å². The zero-order valence-corrected chi connectivity index (χ0v) is 15.4. The number of hydrogen-bond acceptors (Lipinski definition) is 5. The highest BCUT2D eigenvalue weighted by molar-refractivity contribution is 5.91. The molecule has 7 heteroatoms. The summed E-state index contributed by atoms with van der Waals surface area (Å²) in [5, 5.41) is 10.4. The lowest BCUT2D eigenvalue weighted by Gasteiger charge is -2.08. The Hall–Kier alpha value is -3.48. The number of aromatic nitrogens is 4. The maximum absolute atomic E-state index is 11.8. The minimum absolute atomic E-state index is 0.133. The molecule has 1 amide bonds. The molecular formula is C20H22N6O. The number of carbonyl (C=O) groups excluding carboxylic acids is 1. The SMILES string of the molecule is Cc1cc(C)n(-c2cc(NCCNC(=O)/C=C/c3ccccc3)ncn2)n1. The molecule has 27 heavy (non-hydrogen) atoms. The molecule has 0 spiro atoms. The summed E-state index contributed by atoms with van der Waals surface area (Å²) < 4.78 is 1.78. The number of nitrogens with one attached hydrogen (secondary N) is 2. The summed E-state index contributed by atoms with van der Waals surface area (Å²) in [6.07, 6.45) is 4.81. The normalized spacial score (nSPS) is 10.9. The lowest BCUT2D eigenvalue weighted by Crippen LogP contribution is -2.27. The number of nitrogens with zero attached hydrogens (tertiary/aromatic N) is 4. The maximum Gasteiger partial charge on any atom is 0.244 e. The minimum Gasteiger partial charge on any atom is -0.368 e. The minimum atomic E-state index is -0.133. The molecule has 0 atom stereocenters. The van der Waals surface area contributed by atoms with Crippen LogP contribution in [-0.4, -0.2) is 38.7 Å². The van der Waals surface area contributed by atoms with Crippen LogP contribution >= 0.6 is 0 Å². The molecule has 1 aromatic carbocycles. The number of rotatable bonds is 7. The van der Waals surface area contributed by atoms with Crippen molar-refractivity contribution in [1.29, 1.82) is 0 Å². The molecule has 0 bridgehead atoms. The van der Waals surface area contributed by atoms with Gasteiger partial charge in [-0.25, -0.2) is 14.6 Å². The van der Waals surface area contributed by atoms with E-state index < -0.39 is 0 Å². The summed E-state index contributed by atoms with van der Waals surface area (Å²) in [4.78, 5) is 20.3. The molecule has 2 aromatic heterocycles. The molecule has 7 nitrogen and oxygen atoms in total. The van der Waals surface area contributed by atoms with Crippen molar-refractivity contribution in [3.63, 3.8) is 0 Å². The third-order valence-electron chi connectivity index (χ3n) is 3.84. The lowest BCUT2D eigenvalue weighted by molar-refractivity contribution is -0.116. The largest absolute Gasteiger partial charge is 0.368 e. The number of hydrogen-bond donors (Lipinski definition) is 2.